The third-order valence-corrected chi connectivity index (χ3v) is 7.18. The zero-order chi connectivity index (χ0) is 24.5. The van der Waals surface area contributed by atoms with Crippen LogP contribution in [0.1, 0.15) is 38.1 Å². The maximum absolute atomic E-state index is 11.2. The molecule has 11 heteroatoms. The number of pyridine rings is 1. The number of thiazole rings is 1. The maximum Gasteiger partial charge on any atom is 0.225 e. The van der Waals surface area contributed by atoms with E-state index in [1.807, 2.05) is 33.8 Å². The first-order valence-electron chi connectivity index (χ1n) is 11.5. The van der Waals surface area contributed by atoms with Gasteiger partial charge in [0.05, 0.1) is 28.3 Å². The molecule has 3 aromatic rings. The van der Waals surface area contributed by atoms with Crippen LogP contribution >= 0.6 is 11.3 Å². The Kier molecular flexibility index (Phi) is 7.29. The molecular weight excluding hydrogens is 456 g/mol. The first-order chi connectivity index (χ1) is 16.3. The van der Waals surface area contributed by atoms with Crippen LogP contribution in [0.5, 0.6) is 0 Å². The van der Waals surface area contributed by atoms with E-state index in [0.29, 0.717) is 47.7 Å². The zero-order valence-corrected chi connectivity index (χ0v) is 20.7. The van der Waals surface area contributed by atoms with Gasteiger partial charge in [0.2, 0.25) is 5.95 Å². The zero-order valence-electron chi connectivity index (χ0n) is 19.9. The molecule has 0 bridgehead atoms. The molecule has 1 fully saturated rings. The van der Waals surface area contributed by atoms with Crippen LogP contribution in [0, 0.1) is 19.8 Å². The topological polar surface area (TPSA) is 146 Å². The van der Waals surface area contributed by atoms with Gasteiger partial charge in [0.25, 0.3) is 0 Å². The first kappa shape index (κ1) is 24.7. The summed E-state index contributed by atoms with van der Waals surface area (Å²) in [5.74, 6) is 0.331. The largest absolute Gasteiger partial charge is 0.396 e. The highest BCUT2D eigenvalue weighted by Crippen LogP contribution is 2.40. The molecule has 1 saturated carbocycles. The van der Waals surface area contributed by atoms with E-state index in [2.05, 4.69) is 25.6 Å². The second-order valence-electron chi connectivity index (χ2n) is 8.80. The predicted octanol–water partition coefficient (Wildman–Crippen LogP) is 2.47. The van der Waals surface area contributed by atoms with Gasteiger partial charge < -0.3 is 30.7 Å². The monoisotopic (exact) mass is 488 g/mol. The second-order valence-corrected chi connectivity index (χ2v) is 9.83. The SMILES string of the molecule is CCOCC(C)Nc1nc(C)c(-c2nc3c(C)nccc3s2)c(NC2(O)CCC(CO)C2O)n1. The molecule has 1 aliphatic rings. The van der Waals surface area contributed by atoms with Crippen LogP contribution in [0.3, 0.4) is 0 Å². The van der Waals surface area contributed by atoms with Gasteiger partial charge in [0.1, 0.15) is 22.4 Å². The van der Waals surface area contributed by atoms with Crippen molar-refractivity contribution in [1.29, 1.82) is 0 Å². The number of nitrogens with one attached hydrogen (secondary N) is 2. The molecule has 3 heterocycles. The van der Waals surface area contributed by atoms with Gasteiger partial charge >= 0.3 is 0 Å². The van der Waals surface area contributed by atoms with E-state index >= 15 is 0 Å². The van der Waals surface area contributed by atoms with Crippen LogP contribution in [0.25, 0.3) is 20.8 Å². The van der Waals surface area contributed by atoms with Gasteiger partial charge in [-0.25, -0.2) is 9.97 Å². The van der Waals surface area contributed by atoms with Crippen LogP contribution in [0.2, 0.25) is 0 Å². The van der Waals surface area contributed by atoms with Gasteiger partial charge in [0, 0.05) is 31.4 Å². The van der Waals surface area contributed by atoms with Crippen molar-refractivity contribution in [2.24, 2.45) is 5.92 Å². The van der Waals surface area contributed by atoms with Crippen LogP contribution in [-0.2, 0) is 4.74 Å². The van der Waals surface area contributed by atoms with E-state index in [-0.39, 0.29) is 19.1 Å². The first-order valence-corrected chi connectivity index (χ1v) is 12.3. The van der Waals surface area contributed by atoms with Crippen molar-refractivity contribution in [2.75, 3.05) is 30.5 Å². The minimum absolute atomic E-state index is 0.0341. The number of rotatable bonds is 9. The molecule has 0 amide bonds. The summed E-state index contributed by atoms with van der Waals surface area (Å²) < 4.78 is 6.47. The Morgan fingerprint density at radius 1 is 1.26 bits per heavy atom. The fraction of sp³-hybridized carbons (Fsp3) is 0.565. The summed E-state index contributed by atoms with van der Waals surface area (Å²) >= 11 is 1.49. The minimum Gasteiger partial charge on any atom is -0.396 e. The van der Waals surface area contributed by atoms with E-state index in [9.17, 15) is 15.3 Å². The fourth-order valence-corrected chi connectivity index (χ4v) is 5.37. The lowest BCUT2D eigenvalue weighted by Gasteiger charge is -2.31. The van der Waals surface area contributed by atoms with Gasteiger partial charge in [-0.3, -0.25) is 4.98 Å². The molecule has 0 aliphatic heterocycles. The summed E-state index contributed by atoms with van der Waals surface area (Å²) in [4.78, 5) is 18.4. The lowest BCUT2D eigenvalue weighted by atomic mass is 10.0. The van der Waals surface area contributed by atoms with Crippen molar-refractivity contribution >= 4 is 33.3 Å². The summed E-state index contributed by atoms with van der Waals surface area (Å²) in [6, 6.07) is 1.88. The standard InChI is InChI=1S/C23H32N6O4S/c1-5-33-11-12(2)25-22-26-13(3)17(21-27-18-14(4)24-9-7-16(18)34-21)20(28-22)29-23(32)8-6-15(10-30)19(23)31/h7,9,12,15,19,30-32H,5-6,8,10-11H2,1-4H3,(H2,25,26,28,29). The summed E-state index contributed by atoms with van der Waals surface area (Å²) in [5.41, 5.74) is 1.32. The molecule has 0 saturated heterocycles. The average Bonchev–Trinajstić information content (AvgIpc) is 3.34. The maximum atomic E-state index is 11.2. The van der Waals surface area contributed by atoms with Crippen LogP contribution in [0.4, 0.5) is 11.8 Å². The highest BCUT2D eigenvalue weighted by atomic mass is 32.1. The van der Waals surface area contributed by atoms with E-state index in [0.717, 1.165) is 15.9 Å². The number of aliphatic hydroxyl groups excluding tert-OH is 2. The van der Waals surface area contributed by atoms with Crippen molar-refractivity contribution in [3.8, 4) is 10.6 Å². The number of fused-ring (bicyclic) bond motifs is 1. The third kappa shape index (κ3) is 4.84. The van der Waals surface area contributed by atoms with Crippen LogP contribution in [0.15, 0.2) is 12.3 Å². The van der Waals surface area contributed by atoms with E-state index in [1.54, 1.807) is 6.20 Å². The number of aryl methyl sites for hydroxylation is 2. The number of hydrogen-bond acceptors (Lipinski definition) is 11. The Balaban J connectivity index is 1.77. The minimum atomic E-state index is -1.63. The van der Waals surface area contributed by atoms with Gasteiger partial charge in [-0.2, -0.15) is 4.98 Å². The number of aliphatic hydroxyl groups is 3. The number of aromatic nitrogens is 4. The molecule has 5 N–H and O–H groups in total. The summed E-state index contributed by atoms with van der Waals surface area (Å²) in [7, 11) is 0. The molecule has 3 aromatic heterocycles. The number of anilines is 2. The van der Waals surface area contributed by atoms with Gasteiger partial charge in [-0.05, 0) is 46.6 Å². The lowest BCUT2D eigenvalue weighted by Crippen LogP contribution is -2.48. The molecule has 0 spiro atoms. The molecule has 4 rings (SSSR count). The van der Waals surface area contributed by atoms with Gasteiger partial charge in [-0.15, -0.1) is 11.3 Å². The average molecular weight is 489 g/mol. The molecular formula is C23H32N6O4S. The lowest BCUT2D eigenvalue weighted by molar-refractivity contribution is -0.0545. The quantitative estimate of drug-likeness (QED) is 0.285. The van der Waals surface area contributed by atoms with Gasteiger partial charge in [-0.1, -0.05) is 0 Å². The Morgan fingerprint density at radius 3 is 2.74 bits per heavy atom. The van der Waals surface area contributed by atoms with E-state index in [1.165, 1.54) is 11.3 Å². The summed E-state index contributed by atoms with van der Waals surface area (Å²) in [6.07, 6.45) is 1.37. The Labute approximate surface area is 202 Å². The van der Waals surface area contributed by atoms with E-state index in [4.69, 9.17) is 9.72 Å². The number of hydrogen-bond donors (Lipinski definition) is 5. The van der Waals surface area contributed by atoms with Crippen molar-refractivity contribution in [2.45, 2.75) is 58.4 Å². The summed E-state index contributed by atoms with van der Waals surface area (Å²) in [6.45, 7) is 8.59. The fourth-order valence-electron chi connectivity index (χ4n) is 4.26. The van der Waals surface area contributed by atoms with Crippen LogP contribution in [-0.4, -0.2) is 72.9 Å². The molecule has 1 aliphatic carbocycles. The normalized spacial score (nSPS) is 23.4. The predicted molar refractivity (Wildman–Crippen MR) is 132 cm³/mol. The molecule has 10 nitrogen and oxygen atoms in total. The molecule has 34 heavy (non-hydrogen) atoms. The van der Waals surface area contributed by atoms with Crippen LogP contribution < -0.4 is 10.6 Å². The highest BCUT2D eigenvalue weighted by Gasteiger charge is 2.47. The van der Waals surface area contributed by atoms with Crippen molar-refractivity contribution < 1.29 is 20.1 Å². The van der Waals surface area contributed by atoms with Crippen molar-refractivity contribution in [1.82, 2.24) is 19.9 Å². The highest BCUT2D eigenvalue weighted by molar-refractivity contribution is 7.21. The smallest absolute Gasteiger partial charge is 0.225 e. The van der Waals surface area contributed by atoms with E-state index < -0.39 is 17.7 Å². The molecule has 184 valence electrons. The third-order valence-electron chi connectivity index (χ3n) is 6.14. The van der Waals surface area contributed by atoms with Crippen molar-refractivity contribution in [3.63, 3.8) is 0 Å². The molecule has 4 unspecified atom stereocenters. The second kappa shape index (κ2) is 10.0. The number of ether oxygens (including phenoxy) is 1. The van der Waals surface area contributed by atoms with Gasteiger partial charge in [0.15, 0.2) is 5.72 Å². The Morgan fingerprint density at radius 2 is 2.06 bits per heavy atom. The Bertz CT molecular complexity index is 1160. The number of nitrogens with zero attached hydrogens (tertiary/aromatic N) is 4. The molecule has 0 radical (unpaired) electrons. The summed E-state index contributed by atoms with van der Waals surface area (Å²) in [5, 5.41) is 38.5. The van der Waals surface area contributed by atoms with Crippen molar-refractivity contribution in [3.05, 3.63) is 23.7 Å². The molecule has 0 aromatic carbocycles. The Hall–Kier alpha value is -2.44. The molecule has 4 atom stereocenters.